The van der Waals surface area contributed by atoms with E-state index in [4.69, 9.17) is 4.74 Å². The standard InChI is InChI=1S/C16H22F2N2O3/c17-15(18)10-23-14-8-4-3-7-13(14)20-16(22)19-12-6-2-1-5-11(12)9-21/h3-4,7-8,11-12,15,21H,1-2,5-6,9-10H2,(H2,19,20,22). The second kappa shape index (κ2) is 8.67. The largest absolute Gasteiger partial charge is 0.485 e. The van der Waals surface area contributed by atoms with Gasteiger partial charge in [-0.1, -0.05) is 25.0 Å². The number of aliphatic hydroxyl groups is 1. The number of anilines is 1. The minimum atomic E-state index is -2.58. The fraction of sp³-hybridized carbons (Fsp3) is 0.562. The summed E-state index contributed by atoms with van der Waals surface area (Å²) < 4.78 is 29.5. The molecule has 1 saturated carbocycles. The van der Waals surface area contributed by atoms with E-state index < -0.39 is 19.1 Å². The van der Waals surface area contributed by atoms with Crippen molar-refractivity contribution in [3.8, 4) is 5.75 Å². The third-order valence-electron chi connectivity index (χ3n) is 3.96. The first kappa shape index (κ1) is 17.5. The predicted octanol–water partition coefficient (Wildman–Crippen LogP) is 3.00. The zero-order valence-electron chi connectivity index (χ0n) is 12.8. The first-order valence-corrected chi connectivity index (χ1v) is 7.78. The number of para-hydroxylation sites is 2. The van der Waals surface area contributed by atoms with Gasteiger partial charge < -0.3 is 20.5 Å². The van der Waals surface area contributed by atoms with Gasteiger partial charge in [-0.15, -0.1) is 0 Å². The highest BCUT2D eigenvalue weighted by Gasteiger charge is 2.26. The van der Waals surface area contributed by atoms with Crippen molar-refractivity contribution in [2.24, 2.45) is 5.92 Å². The molecule has 2 amide bonds. The summed E-state index contributed by atoms with van der Waals surface area (Å²) in [4.78, 5) is 12.1. The molecule has 23 heavy (non-hydrogen) atoms. The molecule has 0 bridgehead atoms. The lowest BCUT2D eigenvalue weighted by atomic mass is 9.85. The van der Waals surface area contributed by atoms with Gasteiger partial charge in [0, 0.05) is 18.6 Å². The van der Waals surface area contributed by atoms with Crippen molar-refractivity contribution in [3.05, 3.63) is 24.3 Å². The van der Waals surface area contributed by atoms with Gasteiger partial charge in [0.25, 0.3) is 6.43 Å². The number of hydrogen-bond donors (Lipinski definition) is 3. The van der Waals surface area contributed by atoms with Gasteiger partial charge in [-0.25, -0.2) is 13.6 Å². The molecule has 128 valence electrons. The maximum absolute atomic E-state index is 12.3. The number of alkyl halides is 2. The third-order valence-corrected chi connectivity index (χ3v) is 3.96. The van der Waals surface area contributed by atoms with Crippen LogP contribution in [-0.2, 0) is 0 Å². The van der Waals surface area contributed by atoms with Crippen LogP contribution in [0.1, 0.15) is 25.7 Å². The summed E-state index contributed by atoms with van der Waals surface area (Å²) in [6, 6.07) is 5.93. The number of ether oxygens (including phenoxy) is 1. The Morgan fingerprint density at radius 3 is 2.78 bits per heavy atom. The molecule has 5 nitrogen and oxygen atoms in total. The van der Waals surface area contributed by atoms with Crippen molar-refractivity contribution in [3.63, 3.8) is 0 Å². The zero-order chi connectivity index (χ0) is 16.7. The smallest absolute Gasteiger partial charge is 0.319 e. The van der Waals surface area contributed by atoms with E-state index in [2.05, 4.69) is 10.6 Å². The Bertz CT molecular complexity index is 514. The van der Waals surface area contributed by atoms with Crippen LogP contribution < -0.4 is 15.4 Å². The van der Waals surface area contributed by atoms with Gasteiger partial charge in [0.05, 0.1) is 5.69 Å². The summed E-state index contributed by atoms with van der Waals surface area (Å²) in [5.74, 6) is 0.255. The van der Waals surface area contributed by atoms with Crippen molar-refractivity contribution in [1.29, 1.82) is 0 Å². The minimum Gasteiger partial charge on any atom is -0.485 e. The maximum atomic E-state index is 12.3. The highest BCUT2D eigenvalue weighted by Crippen LogP contribution is 2.26. The first-order chi connectivity index (χ1) is 11.1. The number of rotatable bonds is 6. The number of urea groups is 1. The van der Waals surface area contributed by atoms with Crippen molar-refractivity contribution in [2.75, 3.05) is 18.5 Å². The van der Waals surface area contributed by atoms with Crippen LogP contribution in [0.25, 0.3) is 0 Å². The van der Waals surface area contributed by atoms with Crippen LogP contribution in [0, 0.1) is 5.92 Å². The number of amides is 2. The van der Waals surface area contributed by atoms with Crippen LogP contribution in [0.4, 0.5) is 19.3 Å². The lowest BCUT2D eigenvalue weighted by Gasteiger charge is -2.30. The van der Waals surface area contributed by atoms with Gasteiger partial charge in [0.15, 0.2) is 0 Å². The Morgan fingerprint density at radius 2 is 2.04 bits per heavy atom. The summed E-state index contributed by atoms with van der Waals surface area (Å²) >= 11 is 0. The lowest BCUT2D eigenvalue weighted by Crippen LogP contribution is -2.45. The number of carbonyl (C=O) groups excluding carboxylic acids is 1. The van der Waals surface area contributed by atoms with Gasteiger partial charge in [0.2, 0.25) is 0 Å². The molecule has 0 radical (unpaired) electrons. The summed E-state index contributed by atoms with van der Waals surface area (Å²) in [5, 5.41) is 14.8. The van der Waals surface area contributed by atoms with E-state index in [0.717, 1.165) is 25.7 Å². The molecule has 0 aliphatic heterocycles. The molecule has 1 aliphatic rings. The van der Waals surface area contributed by atoms with E-state index in [-0.39, 0.29) is 24.3 Å². The van der Waals surface area contributed by atoms with Crippen LogP contribution in [0.2, 0.25) is 0 Å². The number of benzene rings is 1. The molecular formula is C16H22F2N2O3. The van der Waals surface area contributed by atoms with Crippen molar-refractivity contribution in [2.45, 2.75) is 38.2 Å². The molecule has 1 aromatic carbocycles. The maximum Gasteiger partial charge on any atom is 0.319 e. The van der Waals surface area contributed by atoms with Crippen molar-refractivity contribution < 1.29 is 23.4 Å². The molecule has 2 rings (SSSR count). The Labute approximate surface area is 134 Å². The highest BCUT2D eigenvalue weighted by molar-refractivity contribution is 5.91. The number of hydrogen-bond acceptors (Lipinski definition) is 3. The van der Waals surface area contributed by atoms with Crippen LogP contribution in [0.5, 0.6) is 5.75 Å². The SMILES string of the molecule is O=C(Nc1ccccc1OCC(F)F)NC1CCCCC1CO. The number of halogens is 2. The van der Waals surface area contributed by atoms with Gasteiger partial charge in [0.1, 0.15) is 12.4 Å². The van der Waals surface area contributed by atoms with Gasteiger partial charge in [-0.05, 0) is 25.0 Å². The fourth-order valence-electron chi connectivity index (χ4n) is 2.79. The van der Waals surface area contributed by atoms with Crippen LogP contribution in [0.15, 0.2) is 24.3 Å². The molecular weight excluding hydrogens is 306 g/mol. The summed E-state index contributed by atoms with van der Waals surface area (Å²) in [7, 11) is 0. The molecule has 1 aliphatic carbocycles. The van der Waals surface area contributed by atoms with Crippen LogP contribution >= 0.6 is 0 Å². The van der Waals surface area contributed by atoms with Crippen molar-refractivity contribution >= 4 is 11.7 Å². The molecule has 0 aromatic heterocycles. The zero-order valence-corrected chi connectivity index (χ0v) is 12.8. The first-order valence-electron chi connectivity index (χ1n) is 7.78. The Balaban J connectivity index is 1.94. The minimum absolute atomic E-state index is 0.0407. The van der Waals surface area contributed by atoms with E-state index in [9.17, 15) is 18.7 Å². The average Bonchev–Trinajstić information content (AvgIpc) is 2.54. The molecule has 0 saturated heterocycles. The van der Waals surface area contributed by atoms with Gasteiger partial charge >= 0.3 is 6.03 Å². The number of aliphatic hydroxyl groups excluding tert-OH is 1. The molecule has 1 aromatic rings. The molecule has 1 fully saturated rings. The summed E-state index contributed by atoms with van der Waals surface area (Å²) in [6.45, 7) is -0.686. The van der Waals surface area contributed by atoms with Crippen LogP contribution in [-0.4, -0.2) is 36.8 Å². The normalized spacial score (nSPS) is 21.0. The molecule has 7 heteroatoms. The van der Waals surface area contributed by atoms with Gasteiger partial charge in [-0.2, -0.15) is 0 Å². The monoisotopic (exact) mass is 328 g/mol. The molecule has 2 unspecified atom stereocenters. The molecule has 3 N–H and O–H groups in total. The predicted molar refractivity (Wildman–Crippen MR) is 82.9 cm³/mol. The average molecular weight is 328 g/mol. The third kappa shape index (κ3) is 5.35. The Hall–Kier alpha value is -1.89. The molecule has 0 spiro atoms. The second-order valence-corrected chi connectivity index (χ2v) is 5.63. The highest BCUT2D eigenvalue weighted by atomic mass is 19.3. The van der Waals surface area contributed by atoms with E-state index in [1.54, 1.807) is 18.2 Å². The van der Waals surface area contributed by atoms with E-state index in [0.29, 0.717) is 5.69 Å². The summed E-state index contributed by atoms with van der Waals surface area (Å²) in [5.41, 5.74) is 0.335. The van der Waals surface area contributed by atoms with E-state index >= 15 is 0 Å². The summed E-state index contributed by atoms with van der Waals surface area (Å²) in [6.07, 6.45) is 1.19. The topological polar surface area (TPSA) is 70.6 Å². The van der Waals surface area contributed by atoms with Crippen molar-refractivity contribution in [1.82, 2.24) is 5.32 Å². The Kier molecular flexibility index (Phi) is 6.58. The van der Waals surface area contributed by atoms with E-state index in [1.807, 2.05) is 0 Å². The molecule has 2 atom stereocenters. The van der Waals surface area contributed by atoms with Crippen LogP contribution in [0.3, 0.4) is 0 Å². The Morgan fingerprint density at radius 1 is 1.30 bits per heavy atom. The fourth-order valence-corrected chi connectivity index (χ4v) is 2.79. The lowest BCUT2D eigenvalue weighted by molar-refractivity contribution is 0.0822. The van der Waals surface area contributed by atoms with E-state index in [1.165, 1.54) is 6.07 Å². The number of nitrogens with one attached hydrogen (secondary N) is 2. The van der Waals surface area contributed by atoms with Gasteiger partial charge in [-0.3, -0.25) is 0 Å². The second-order valence-electron chi connectivity index (χ2n) is 5.63. The molecule has 0 heterocycles. The quantitative estimate of drug-likeness (QED) is 0.752. The number of carbonyl (C=O) groups is 1.